The van der Waals surface area contributed by atoms with Gasteiger partial charge in [0.25, 0.3) is 0 Å². The van der Waals surface area contributed by atoms with Crippen molar-refractivity contribution in [3.63, 3.8) is 0 Å². The van der Waals surface area contributed by atoms with Crippen molar-refractivity contribution >= 4 is 34.0 Å². The molecule has 0 spiro atoms. The third-order valence-corrected chi connectivity index (χ3v) is 6.71. The molecular weight excluding hydrogens is 404 g/mol. The summed E-state index contributed by atoms with van der Waals surface area (Å²) in [5.41, 5.74) is 3.19. The fraction of sp³-hybridized carbons (Fsp3) is 0.333. The van der Waals surface area contributed by atoms with E-state index >= 15 is 0 Å². The Morgan fingerprint density at radius 3 is 2.90 bits per heavy atom. The minimum absolute atomic E-state index is 0.0500. The zero-order chi connectivity index (χ0) is 21.8. The second-order valence-corrected chi connectivity index (χ2v) is 8.80. The molecule has 4 rings (SSSR count). The van der Waals surface area contributed by atoms with Crippen molar-refractivity contribution in [3.05, 3.63) is 83.0 Å². The van der Waals surface area contributed by atoms with Crippen molar-refractivity contribution < 1.29 is 4.79 Å². The highest BCUT2D eigenvalue weighted by Crippen LogP contribution is 2.39. The molecule has 3 nitrogen and oxygen atoms in total. The monoisotopic (exact) mass is 432 g/mol. The summed E-state index contributed by atoms with van der Waals surface area (Å²) in [7, 11) is 0. The van der Waals surface area contributed by atoms with E-state index in [9.17, 15) is 4.79 Å². The lowest BCUT2D eigenvalue weighted by Crippen LogP contribution is -2.22. The molecule has 3 aromatic rings. The van der Waals surface area contributed by atoms with Gasteiger partial charge in [0.1, 0.15) is 5.82 Å². The lowest BCUT2D eigenvalue weighted by Gasteiger charge is -2.29. The van der Waals surface area contributed by atoms with Crippen LogP contribution in [0.15, 0.2) is 61.3 Å². The number of benzene rings is 2. The minimum Gasteiger partial charge on any atom is -0.370 e. The van der Waals surface area contributed by atoms with Gasteiger partial charge < -0.3 is 5.32 Å². The number of allylic oxidation sites excluding steroid dienone is 1. The highest BCUT2D eigenvalue weighted by molar-refractivity contribution is 6.31. The fourth-order valence-corrected chi connectivity index (χ4v) is 4.95. The Balaban J connectivity index is 1.57. The molecule has 0 aliphatic heterocycles. The van der Waals surface area contributed by atoms with E-state index in [1.165, 1.54) is 5.56 Å². The third-order valence-electron chi connectivity index (χ3n) is 6.35. The quantitative estimate of drug-likeness (QED) is 0.317. The van der Waals surface area contributed by atoms with E-state index in [-0.39, 0.29) is 11.7 Å². The van der Waals surface area contributed by atoms with Crippen LogP contribution in [0.1, 0.15) is 60.0 Å². The molecule has 0 saturated heterocycles. The molecule has 0 radical (unpaired) electrons. The molecule has 160 valence electrons. The minimum atomic E-state index is 0.0500. The number of hydrogen-bond acceptors (Lipinski definition) is 3. The largest absolute Gasteiger partial charge is 0.370 e. The van der Waals surface area contributed by atoms with Crippen molar-refractivity contribution in [2.75, 3.05) is 11.9 Å². The number of carbonyl (C=O) groups is 1. The molecule has 2 unspecified atom stereocenters. The van der Waals surface area contributed by atoms with Gasteiger partial charge in [-0.2, -0.15) is 0 Å². The summed E-state index contributed by atoms with van der Waals surface area (Å²) in [6, 6.07) is 14.3. The second kappa shape index (κ2) is 9.65. The van der Waals surface area contributed by atoms with E-state index in [2.05, 4.69) is 35.9 Å². The van der Waals surface area contributed by atoms with Crippen molar-refractivity contribution in [2.45, 2.75) is 44.9 Å². The Bertz CT molecular complexity index is 1110. The van der Waals surface area contributed by atoms with Crippen LogP contribution in [0.2, 0.25) is 5.02 Å². The summed E-state index contributed by atoms with van der Waals surface area (Å²) in [5, 5.41) is 6.20. The maximum atomic E-state index is 13.4. The topological polar surface area (TPSA) is 42.0 Å². The van der Waals surface area contributed by atoms with Crippen molar-refractivity contribution in [3.8, 4) is 0 Å². The number of nitrogens with zero attached hydrogens (tertiary/aromatic N) is 1. The second-order valence-electron chi connectivity index (χ2n) is 8.39. The fourth-order valence-electron chi connectivity index (χ4n) is 4.76. The molecule has 1 fully saturated rings. The molecule has 1 aromatic heterocycles. The van der Waals surface area contributed by atoms with Crippen LogP contribution >= 0.6 is 11.6 Å². The predicted molar refractivity (Wildman–Crippen MR) is 130 cm³/mol. The summed E-state index contributed by atoms with van der Waals surface area (Å²) < 4.78 is 0. The smallest absolute Gasteiger partial charge is 0.165 e. The van der Waals surface area contributed by atoms with Crippen LogP contribution in [0.3, 0.4) is 0 Å². The first kappa shape index (κ1) is 21.6. The van der Waals surface area contributed by atoms with Crippen molar-refractivity contribution in [1.82, 2.24) is 4.98 Å². The van der Waals surface area contributed by atoms with Gasteiger partial charge >= 0.3 is 0 Å². The predicted octanol–water partition coefficient (Wildman–Crippen LogP) is 7.21. The van der Waals surface area contributed by atoms with Gasteiger partial charge in [-0.05, 0) is 73.2 Å². The number of rotatable bonds is 7. The molecule has 4 heteroatoms. The first-order valence-corrected chi connectivity index (χ1v) is 11.5. The highest BCUT2D eigenvalue weighted by atomic mass is 35.5. The van der Waals surface area contributed by atoms with E-state index in [1.54, 1.807) is 6.20 Å². The van der Waals surface area contributed by atoms with Gasteiger partial charge in [-0.25, -0.2) is 4.98 Å². The first-order chi connectivity index (χ1) is 15.1. The molecule has 2 aromatic carbocycles. The van der Waals surface area contributed by atoms with Crippen molar-refractivity contribution in [2.24, 2.45) is 5.92 Å². The van der Waals surface area contributed by atoms with Crippen LogP contribution in [0.25, 0.3) is 10.8 Å². The molecule has 1 heterocycles. The molecule has 31 heavy (non-hydrogen) atoms. The van der Waals surface area contributed by atoms with Crippen LogP contribution in [0.5, 0.6) is 0 Å². The maximum absolute atomic E-state index is 13.4. The Morgan fingerprint density at radius 1 is 1.23 bits per heavy atom. The Morgan fingerprint density at radius 2 is 2.10 bits per heavy atom. The van der Waals surface area contributed by atoms with Gasteiger partial charge in [0.05, 0.1) is 0 Å². The highest BCUT2D eigenvalue weighted by Gasteiger charge is 2.29. The Hall–Kier alpha value is -2.65. The Kier molecular flexibility index (Phi) is 6.72. The molecule has 0 amide bonds. The number of Topliss-reactive ketones (excluding diaryl/α,β-unsaturated/α-hetero) is 1. The van der Waals surface area contributed by atoms with Crippen LogP contribution < -0.4 is 5.32 Å². The lowest BCUT2D eigenvalue weighted by molar-refractivity contribution is 0.0881. The molecule has 1 saturated carbocycles. The average molecular weight is 433 g/mol. The van der Waals surface area contributed by atoms with Crippen LogP contribution in [0, 0.1) is 5.92 Å². The number of fused-ring (bicyclic) bond motifs is 1. The molecule has 1 aliphatic carbocycles. The van der Waals surface area contributed by atoms with Crippen LogP contribution in [0.4, 0.5) is 5.82 Å². The Labute approximate surface area is 189 Å². The number of halogens is 1. The third kappa shape index (κ3) is 4.67. The van der Waals surface area contributed by atoms with Gasteiger partial charge in [-0.15, -0.1) is 6.58 Å². The number of hydrogen-bond donors (Lipinski definition) is 1. The lowest BCUT2D eigenvalue weighted by atomic mass is 9.75. The van der Waals surface area contributed by atoms with Gasteiger partial charge in [0.15, 0.2) is 5.78 Å². The zero-order valence-electron chi connectivity index (χ0n) is 18.0. The summed E-state index contributed by atoms with van der Waals surface area (Å²) in [6.07, 6.45) is 8.48. The number of ketones is 1. The molecule has 1 aliphatic rings. The molecule has 0 bridgehead atoms. The van der Waals surface area contributed by atoms with Gasteiger partial charge in [0, 0.05) is 34.6 Å². The average Bonchev–Trinajstić information content (AvgIpc) is 2.80. The maximum Gasteiger partial charge on any atom is 0.165 e. The molecule has 2 atom stereocenters. The van der Waals surface area contributed by atoms with Crippen LogP contribution in [-0.4, -0.2) is 17.3 Å². The first-order valence-electron chi connectivity index (χ1n) is 11.2. The van der Waals surface area contributed by atoms with Crippen molar-refractivity contribution in [1.29, 1.82) is 0 Å². The van der Waals surface area contributed by atoms with E-state index in [1.807, 2.05) is 36.4 Å². The summed E-state index contributed by atoms with van der Waals surface area (Å²) in [4.78, 5) is 17.9. The SMILES string of the molecule is C=CCc1cc(C2CCCC(C(=O)c3ccc4ccnc(NCC)c4c3)C2)ccc1Cl. The number of pyridine rings is 1. The summed E-state index contributed by atoms with van der Waals surface area (Å²) in [5.74, 6) is 1.53. The van der Waals surface area contributed by atoms with E-state index in [0.29, 0.717) is 5.92 Å². The van der Waals surface area contributed by atoms with Gasteiger partial charge in [-0.1, -0.05) is 48.4 Å². The van der Waals surface area contributed by atoms with Gasteiger partial charge in [0.2, 0.25) is 0 Å². The number of aromatic nitrogens is 1. The molecular formula is C27H29ClN2O. The summed E-state index contributed by atoms with van der Waals surface area (Å²) >= 11 is 6.34. The van der Waals surface area contributed by atoms with E-state index in [0.717, 1.165) is 71.4 Å². The number of anilines is 1. The van der Waals surface area contributed by atoms with E-state index < -0.39 is 0 Å². The van der Waals surface area contributed by atoms with Crippen LogP contribution in [-0.2, 0) is 6.42 Å². The zero-order valence-corrected chi connectivity index (χ0v) is 18.8. The summed E-state index contributed by atoms with van der Waals surface area (Å²) in [6.45, 7) is 6.68. The van der Waals surface area contributed by atoms with Gasteiger partial charge in [-0.3, -0.25) is 4.79 Å². The normalized spacial score (nSPS) is 18.6. The number of nitrogens with one attached hydrogen (secondary N) is 1. The number of carbonyl (C=O) groups excluding carboxylic acids is 1. The van der Waals surface area contributed by atoms with E-state index in [4.69, 9.17) is 11.6 Å². The standard InChI is InChI=1S/C27H29ClN2O/c1-3-6-21-15-20(11-12-25(21)28)19-7-5-8-22(16-19)26(31)23-10-9-18-13-14-30-27(29-4-2)24(18)17-23/h3,9-15,17,19,22H,1,4-8,16H2,2H3,(H,29,30). The molecule has 1 N–H and O–H groups in total.